The van der Waals surface area contributed by atoms with E-state index in [1.165, 1.54) is 112 Å². The van der Waals surface area contributed by atoms with Crippen LogP contribution in [0.5, 0.6) is 0 Å². The van der Waals surface area contributed by atoms with E-state index in [2.05, 4.69) is 252 Å². The minimum atomic E-state index is -0.0302. The van der Waals surface area contributed by atoms with Crippen molar-refractivity contribution in [3.05, 3.63) is 222 Å². The van der Waals surface area contributed by atoms with E-state index in [1.807, 2.05) is 0 Å². The molecule has 0 N–H and O–H groups in total. The largest absolute Gasteiger partial charge is 0.311 e. The van der Waals surface area contributed by atoms with Crippen molar-refractivity contribution < 1.29 is 0 Å². The molecule has 0 atom stereocenters. The van der Waals surface area contributed by atoms with E-state index >= 15 is 0 Å². The Morgan fingerprint density at radius 1 is 0.359 bits per heavy atom. The first-order valence-electron chi connectivity index (χ1n) is 22.6. The first-order chi connectivity index (χ1) is 31.1. The fourth-order valence-electron chi connectivity index (χ4n) is 10.3. The average molecular weight is 823 g/mol. The highest BCUT2D eigenvalue weighted by molar-refractivity contribution is 7.00. The molecule has 308 valence electrons. The SMILES string of the molecule is Cc1ccc(-c2cc(C(C)(C)C)ccc2N2c3ccc(-c4ccccc4)cc3B3c4cc(-c5ccccc5)ccc4N(c4ccc(-c5ccccc5)cc4)c4cc(C)cc2c43)c(C)c1. The second-order valence-corrected chi connectivity index (χ2v) is 18.8. The summed E-state index contributed by atoms with van der Waals surface area (Å²) in [5.41, 5.74) is 25.9. The van der Waals surface area contributed by atoms with Gasteiger partial charge in [-0.1, -0.05) is 178 Å². The summed E-state index contributed by atoms with van der Waals surface area (Å²) in [5.74, 6) is 0. The monoisotopic (exact) mass is 822 g/mol. The maximum absolute atomic E-state index is 2.59. The average Bonchev–Trinajstić information content (AvgIpc) is 3.31. The highest BCUT2D eigenvalue weighted by atomic mass is 15.2. The van der Waals surface area contributed by atoms with Gasteiger partial charge in [0, 0.05) is 34.0 Å². The molecule has 0 saturated carbocycles. The molecule has 0 amide bonds. The van der Waals surface area contributed by atoms with Crippen LogP contribution in [0.3, 0.4) is 0 Å². The summed E-state index contributed by atoms with van der Waals surface area (Å²) < 4.78 is 0. The molecule has 0 fully saturated rings. The van der Waals surface area contributed by atoms with Gasteiger partial charge in [-0.05, 0) is 147 Å². The number of anilines is 6. The second kappa shape index (κ2) is 15.5. The van der Waals surface area contributed by atoms with E-state index in [-0.39, 0.29) is 12.1 Å². The van der Waals surface area contributed by atoms with Gasteiger partial charge in [-0.3, -0.25) is 0 Å². The molecule has 0 bridgehead atoms. The van der Waals surface area contributed by atoms with Crippen molar-refractivity contribution in [2.75, 3.05) is 9.80 Å². The van der Waals surface area contributed by atoms with Crippen LogP contribution in [0.2, 0.25) is 0 Å². The molecule has 0 unspecified atom stereocenters. The Bertz CT molecular complexity index is 3220. The van der Waals surface area contributed by atoms with Crippen molar-refractivity contribution in [1.29, 1.82) is 0 Å². The Hall–Kier alpha value is -7.36. The second-order valence-electron chi connectivity index (χ2n) is 18.8. The van der Waals surface area contributed by atoms with Crippen molar-refractivity contribution >= 4 is 57.2 Å². The maximum atomic E-state index is 2.59. The lowest BCUT2D eigenvalue weighted by molar-refractivity contribution is 0.590. The van der Waals surface area contributed by atoms with Crippen molar-refractivity contribution in [1.82, 2.24) is 0 Å². The van der Waals surface area contributed by atoms with Crippen molar-refractivity contribution in [2.45, 2.75) is 47.0 Å². The van der Waals surface area contributed by atoms with Gasteiger partial charge in [0.1, 0.15) is 0 Å². The molecule has 0 saturated heterocycles. The van der Waals surface area contributed by atoms with Crippen LogP contribution in [0, 0.1) is 20.8 Å². The van der Waals surface area contributed by atoms with Crippen LogP contribution < -0.4 is 26.2 Å². The van der Waals surface area contributed by atoms with Gasteiger partial charge in [-0.15, -0.1) is 0 Å². The number of benzene rings is 9. The van der Waals surface area contributed by atoms with Crippen molar-refractivity contribution in [3.63, 3.8) is 0 Å². The smallest absolute Gasteiger partial charge is 0.252 e. The number of hydrogen-bond donors (Lipinski definition) is 0. The molecule has 0 aromatic heterocycles. The summed E-state index contributed by atoms with van der Waals surface area (Å²) in [4.78, 5) is 5.12. The van der Waals surface area contributed by atoms with Gasteiger partial charge < -0.3 is 9.80 Å². The van der Waals surface area contributed by atoms with Crippen LogP contribution in [0.25, 0.3) is 44.5 Å². The van der Waals surface area contributed by atoms with Crippen molar-refractivity contribution in [2.24, 2.45) is 0 Å². The van der Waals surface area contributed by atoms with Crippen molar-refractivity contribution in [3.8, 4) is 44.5 Å². The fourth-order valence-corrected chi connectivity index (χ4v) is 10.3. The normalized spacial score (nSPS) is 12.8. The molecule has 11 rings (SSSR count). The lowest BCUT2D eigenvalue weighted by Gasteiger charge is -2.45. The van der Waals surface area contributed by atoms with Crippen LogP contribution in [0.1, 0.15) is 43.0 Å². The van der Waals surface area contributed by atoms with Crippen LogP contribution >= 0.6 is 0 Å². The quantitative estimate of drug-likeness (QED) is 0.154. The Labute approximate surface area is 379 Å². The molecular formula is C61H51BN2. The number of rotatable bonds is 6. The van der Waals surface area contributed by atoms with Crippen LogP contribution in [-0.4, -0.2) is 6.71 Å². The predicted octanol–water partition coefficient (Wildman–Crippen LogP) is 14.7. The van der Waals surface area contributed by atoms with E-state index in [0.29, 0.717) is 0 Å². The Morgan fingerprint density at radius 2 is 0.844 bits per heavy atom. The summed E-state index contributed by atoms with van der Waals surface area (Å²) in [7, 11) is 0. The molecular weight excluding hydrogens is 771 g/mol. The Morgan fingerprint density at radius 3 is 1.39 bits per heavy atom. The summed E-state index contributed by atoms with van der Waals surface area (Å²) in [6, 6.07) is 74.9. The molecule has 2 aliphatic rings. The van der Waals surface area contributed by atoms with E-state index in [4.69, 9.17) is 0 Å². The van der Waals surface area contributed by atoms with Gasteiger partial charge in [-0.25, -0.2) is 0 Å². The maximum Gasteiger partial charge on any atom is 0.252 e. The zero-order valence-electron chi connectivity index (χ0n) is 37.5. The molecule has 2 heterocycles. The standard InChI is InChI=1S/C61H51BN2/c1-40-22-30-51(42(3)34-40)52-39-49(61(4,5)6)27-33-55(52)64-57-32-26-48(45-20-14-9-15-21-45)38-54(57)62-53-37-47(44-18-12-8-13-19-44)25-31-56(53)63(58-35-41(2)36-59(64)60(58)62)50-28-23-46(24-29-50)43-16-10-7-11-17-43/h7-39H,1-6H3. The van der Waals surface area contributed by atoms with E-state index < -0.39 is 0 Å². The predicted molar refractivity (Wildman–Crippen MR) is 275 cm³/mol. The van der Waals surface area contributed by atoms with E-state index in [1.54, 1.807) is 0 Å². The van der Waals surface area contributed by atoms with Crippen LogP contribution in [-0.2, 0) is 5.41 Å². The third-order valence-electron chi connectivity index (χ3n) is 13.4. The number of nitrogens with zero attached hydrogens (tertiary/aromatic N) is 2. The summed E-state index contributed by atoms with van der Waals surface area (Å²) in [6.45, 7) is 13.6. The molecule has 0 aliphatic carbocycles. The van der Waals surface area contributed by atoms with Gasteiger partial charge in [-0.2, -0.15) is 0 Å². The molecule has 64 heavy (non-hydrogen) atoms. The molecule has 2 nitrogen and oxygen atoms in total. The van der Waals surface area contributed by atoms with Gasteiger partial charge in [0.2, 0.25) is 0 Å². The lowest BCUT2D eigenvalue weighted by atomic mass is 9.33. The van der Waals surface area contributed by atoms with Gasteiger partial charge in [0.25, 0.3) is 6.71 Å². The molecule has 9 aromatic carbocycles. The highest BCUT2D eigenvalue weighted by Crippen LogP contribution is 2.49. The molecule has 9 aromatic rings. The third kappa shape index (κ3) is 6.75. The van der Waals surface area contributed by atoms with Gasteiger partial charge in [0.05, 0.1) is 5.69 Å². The van der Waals surface area contributed by atoms with Crippen LogP contribution in [0.15, 0.2) is 200 Å². The van der Waals surface area contributed by atoms with Crippen LogP contribution in [0.4, 0.5) is 34.1 Å². The highest BCUT2D eigenvalue weighted by Gasteiger charge is 2.44. The minimum Gasteiger partial charge on any atom is -0.311 e. The third-order valence-corrected chi connectivity index (χ3v) is 13.4. The lowest BCUT2D eigenvalue weighted by Crippen LogP contribution is -2.61. The first-order valence-corrected chi connectivity index (χ1v) is 22.6. The number of hydrogen-bond acceptors (Lipinski definition) is 2. The zero-order valence-corrected chi connectivity index (χ0v) is 37.5. The summed E-state index contributed by atoms with van der Waals surface area (Å²) >= 11 is 0. The van der Waals surface area contributed by atoms with Gasteiger partial charge in [0.15, 0.2) is 0 Å². The molecule has 0 radical (unpaired) electrons. The zero-order chi connectivity index (χ0) is 43.7. The Kier molecular flexibility index (Phi) is 9.54. The van der Waals surface area contributed by atoms with E-state index in [0.717, 1.165) is 5.69 Å². The van der Waals surface area contributed by atoms with Gasteiger partial charge >= 0.3 is 0 Å². The molecule has 0 spiro atoms. The minimum absolute atomic E-state index is 0.0272. The Balaban J connectivity index is 1.22. The number of fused-ring (bicyclic) bond motifs is 4. The first kappa shape index (κ1) is 39.5. The summed E-state index contributed by atoms with van der Waals surface area (Å²) in [5, 5.41) is 0. The summed E-state index contributed by atoms with van der Waals surface area (Å²) in [6.07, 6.45) is 0. The van der Waals surface area contributed by atoms with E-state index in [9.17, 15) is 0 Å². The topological polar surface area (TPSA) is 6.48 Å². The number of aryl methyl sites for hydroxylation is 3. The molecule has 3 heteroatoms. The fraction of sp³-hybridized carbons (Fsp3) is 0.115. The molecule has 2 aliphatic heterocycles.